The maximum Gasteiger partial charge on any atom is 0.326 e. The molecule has 0 saturated heterocycles. The van der Waals surface area contributed by atoms with Crippen molar-refractivity contribution in [2.24, 2.45) is 0 Å². The molecule has 3 aromatic rings. The van der Waals surface area contributed by atoms with E-state index < -0.39 is 5.82 Å². The Bertz CT molecular complexity index is 1060. The van der Waals surface area contributed by atoms with Crippen molar-refractivity contribution in [1.29, 1.82) is 0 Å². The topological polar surface area (TPSA) is 54.5 Å². The van der Waals surface area contributed by atoms with Crippen LogP contribution in [0, 0.1) is 5.82 Å². The molecule has 5 nitrogen and oxygen atoms in total. The Morgan fingerprint density at radius 1 is 1.25 bits per heavy atom. The Labute approximate surface area is 174 Å². The van der Waals surface area contributed by atoms with Gasteiger partial charge < -0.3 is 10.1 Å². The molecule has 0 spiro atoms. The highest BCUT2D eigenvalue weighted by Crippen LogP contribution is 2.37. The van der Waals surface area contributed by atoms with Crippen LogP contribution in [0.15, 0.2) is 59.2 Å². The summed E-state index contributed by atoms with van der Waals surface area (Å²) in [4.78, 5) is 18.1. The lowest BCUT2D eigenvalue weighted by molar-refractivity contribution is 0.256. The molecule has 0 aliphatic carbocycles. The average molecular weight is 463 g/mol. The minimum absolute atomic E-state index is 0.0192. The third-order valence-electron chi connectivity index (χ3n) is 4.34. The van der Waals surface area contributed by atoms with Crippen molar-refractivity contribution < 1.29 is 13.9 Å². The lowest BCUT2D eigenvalue weighted by atomic mass is 10.1. The summed E-state index contributed by atoms with van der Waals surface area (Å²) >= 11 is 9.77. The molecule has 2 aromatic carbocycles. The van der Waals surface area contributed by atoms with E-state index in [0.717, 1.165) is 10.0 Å². The molecule has 8 heteroatoms. The van der Waals surface area contributed by atoms with Gasteiger partial charge in [0, 0.05) is 33.0 Å². The summed E-state index contributed by atoms with van der Waals surface area (Å²) in [6.45, 7) is 0.298. The fourth-order valence-electron chi connectivity index (χ4n) is 2.91. The number of hydrogen-bond donors (Lipinski definition) is 1. The van der Waals surface area contributed by atoms with E-state index >= 15 is 0 Å². The Morgan fingerprint density at radius 2 is 2.11 bits per heavy atom. The maximum atomic E-state index is 13.7. The first-order valence-corrected chi connectivity index (χ1v) is 9.57. The van der Waals surface area contributed by atoms with Gasteiger partial charge in [-0.25, -0.2) is 9.18 Å². The number of anilines is 2. The summed E-state index contributed by atoms with van der Waals surface area (Å²) < 4.78 is 20.1. The molecule has 0 bridgehead atoms. The third kappa shape index (κ3) is 3.68. The van der Waals surface area contributed by atoms with Crippen LogP contribution in [0.4, 0.5) is 20.6 Å². The van der Waals surface area contributed by atoms with Gasteiger partial charge in [-0.2, -0.15) is 0 Å². The number of carbonyl (C=O) groups is 1. The molecule has 4 rings (SSSR count). The smallest absolute Gasteiger partial charge is 0.326 e. The Balaban J connectivity index is 1.60. The number of aromatic nitrogens is 1. The van der Waals surface area contributed by atoms with Crippen molar-refractivity contribution in [3.8, 4) is 5.75 Å². The van der Waals surface area contributed by atoms with Crippen LogP contribution in [0.2, 0.25) is 5.02 Å². The number of carbonyl (C=O) groups excluding carboxylic acids is 1. The Kier molecular flexibility index (Phi) is 5.19. The minimum Gasteiger partial charge on any atom is -0.487 e. The number of hydrogen-bond acceptors (Lipinski definition) is 3. The highest BCUT2D eigenvalue weighted by molar-refractivity contribution is 9.10. The number of nitrogens with zero attached hydrogens (tertiary/aromatic N) is 2. The van der Waals surface area contributed by atoms with Gasteiger partial charge >= 0.3 is 6.03 Å². The summed E-state index contributed by atoms with van der Waals surface area (Å²) in [5, 5.41) is 3.42. The van der Waals surface area contributed by atoms with Crippen LogP contribution < -0.4 is 15.0 Å². The van der Waals surface area contributed by atoms with Gasteiger partial charge in [0.2, 0.25) is 0 Å². The lowest BCUT2D eigenvalue weighted by Crippen LogP contribution is -2.39. The molecule has 142 valence electrons. The number of amides is 2. The van der Waals surface area contributed by atoms with Crippen molar-refractivity contribution in [3.63, 3.8) is 0 Å². The molecule has 1 N–H and O–H groups in total. The van der Waals surface area contributed by atoms with Gasteiger partial charge in [-0.3, -0.25) is 9.88 Å². The van der Waals surface area contributed by atoms with E-state index in [-0.39, 0.29) is 18.3 Å². The second-order valence-electron chi connectivity index (χ2n) is 6.12. The predicted octanol–water partition coefficient (Wildman–Crippen LogP) is 5.77. The van der Waals surface area contributed by atoms with Crippen molar-refractivity contribution >= 4 is 44.9 Å². The largest absolute Gasteiger partial charge is 0.487 e. The molecule has 0 atom stereocenters. The number of nitrogens with one attached hydrogen (secondary N) is 1. The standard InChI is InChI=1S/C20H14BrClFN3O2/c21-14-7-6-12(28-11-18-16(23)4-2-8-24-18)9-19(14)26-10-13-15(22)3-1-5-17(13)25-20(26)27/h1-9H,10-11H2,(H,25,27). The Hall–Kier alpha value is -2.64. The van der Waals surface area contributed by atoms with Gasteiger partial charge in [0.25, 0.3) is 0 Å². The molecule has 1 aliphatic heterocycles. The van der Waals surface area contributed by atoms with Gasteiger partial charge in [0.1, 0.15) is 23.9 Å². The van der Waals surface area contributed by atoms with E-state index in [9.17, 15) is 9.18 Å². The summed E-state index contributed by atoms with van der Waals surface area (Å²) in [5.41, 5.74) is 2.35. The van der Waals surface area contributed by atoms with Gasteiger partial charge in [0.05, 0.1) is 12.2 Å². The fraction of sp³-hybridized carbons (Fsp3) is 0.100. The van der Waals surface area contributed by atoms with Crippen molar-refractivity contribution in [1.82, 2.24) is 4.98 Å². The first-order chi connectivity index (χ1) is 13.5. The molecule has 2 amide bonds. The quantitative estimate of drug-likeness (QED) is 0.536. The highest BCUT2D eigenvalue weighted by Gasteiger charge is 2.27. The summed E-state index contributed by atoms with van der Waals surface area (Å²) in [6.07, 6.45) is 1.51. The molecule has 0 saturated carbocycles. The van der Waals surface area contributed by atoms with Crippen LogP contribution in [0.3, 0.4) is 0 Å². The van der Waals surface area contributed by atoms with E-state index in [2.05, 4.69) is 26.2 Å². The molecule has 2 heterocycles. The number of benzene rings is 2. The normalized spacial score (nSPS) is 13.1. The molecule has 1 aliphatic rings. The van der Waals surface area contributed by atoms with Crippen LogP contribution in [0.5, 0.6) is 5.75 Å². The fourth-order valence-corrected chi connectivity index (χ4v) is 3.60. The zero-order chi connectivity index (χ0) is 19.7. The minimum atomic E-state index is -0.429. The zero-order valence-electron chi connectivity index (χ0n) is 14.5. The lowest BCUT2D eigenvalue weighted by Gasteiger charge is -2.30. The number of rotatable bonds is 4. The first-order valence-electron chi connectivity index (χ1n) is 8.40. The average Bonchev–Trinajstić information content (AvgIpc) is 2.68. The van der Waals surface area contributed by atoms with Crippen LogP contribution in [-0.2, 0) is 13.2 Å². The monoisotopic (exact) mass is 461 g/mol. The zero-order valence-corrected chi connectivity index (χ0v) is 16.8. The third-order valence-corrected chi connectivity index (χ3v) is 5.37. The van der Waals surface area contributed by atoms with Crippen molar-refractivity contribution in [3.05, 3.63) is 81.3 Å². The molecule has 0 fully saturated rings. The van der Waals surface area contributed by atoms with Crippen LogP contribution in [0.25, 0.3) is 0 Å². The number of fused-ring (bicyclic) bond motifs is 1. The number of halogens is 3. The van der Waals surface area contributed by atoms with Gasteiger partial charge in [-0.05, 0) is 52.3 Å². The van der Waals surface area contributed by atoms with Gasteiger partial charge in [-0.1, -0.05) is 17.7 Å². The van der Waals surface area contributed by atoms with E-state index in [0.29, 0.717) is 28.7 Å². The highest BCUT2D eigenvalue weighted by atomic mass is 79.9. The molecule has 28 heavy (non-hydrogen) atoms. The molecule has 0 radical (unpaired) electrons. The number of pyridine rings is 1. The van der Waals surface area contributed by atoms with E-state index in [1.54, 1.807) is 35.2 Å². The summed E-state index contributed by atoms with van der Waals surface area (Å²) in [7, 11) is 0. The molecule has 0 unspecified atom stereocenters. The SMILES string of the molecule is O=C1Nc2cccc(Cl)c2CN1c1cc(OCc2ncccc2F)ccc1Br. The van der Waals surface area contributed by atoms with Crippen molar-refractivity contribution in [2.75, 3.05) is 10.2 Å². The second kappa shape index (κ2) is 7.77. The van der Waals surface area contributed by atoms with Crippen LogP contribution >= 0.6 is 27.5 Å². The maximum absolute atomic E-state index is 13.7. The van der Waals surface area contributed by atoms with Crippen molar-refractivity contribution in [2.45, 2.75) is 13.2 Å². The van der Waals surface area contributed by atoms with E-state index in [4.69, 9.17) is 16.3 Å². The Morgan fingerprint density at radius 3 is 2.93 bits per heavy atom. The predicted molar refractivity (Wildman–Crippen MR) is 109 cm³/mol. The van der Waals surface area contributed by atoms with E-state index in [1.165, 1.54) is 18.3 Å². The second-order valence-corrected chi connectivity index (χ2v) is 7.38. The molecular formula is C20H14BrClFN3O2. The summed E-state index contributed by atoms with van der Waals surface area (Å²) in [6, 6.07) is 13.2. The molecule has 1 aromatic heterocycles. The number of ether oxygens (including phenoxy) is 1. The molecular weight excluding hydrogens is 449 g/mol. The van der Waals surface area contributed by atoms with E-state index in [1.807, 2.05) is 6.07 Å². The summed E-state index contributed by atoms with van der Waals surface area (Å²) in [5.74, 6) is 0.0579. The van der Waals surface area contributed by atoms with Crippen LogP contribution in [-0.4, -0.2) is 11.0 Å². The first kappa shape index (κ1) is 18.7. The van der Waals surface area contributed by atoms with Gasteiger partial charge in [-0.15, -0.1) is 0 Å². The number of urea groups is 1. The van der Waals surface area contributed by atoms with Gasteiger partial charge in [0.15, 0.2) is 0 Å². The van der Waals surface area contributed by atoms with Crippen LogP contribution in [0.1, 0.15) is 11.3 Å².